The standard InChI is InChI=1S/C21H28N2O2/c1-22(15-16-7-6-10-20-17(16)11-14-25-20)21(24)18-8-2-3-9-19(18)23-12-4-5-13-23/h6-7,10-11,14,18-19H,2-5,8-9,12-13,15H2,1H3/t18-,19-/m1/s1. The maximum atomic E-state index is 13.2. The molecule has 0 unspecified atom stereocenters. The Balaban J connectivity index is 1.49. The first-order valence-electron chi connectivity index (χ1n) is 9.68. The Bertz CT molecular complexity index is 732. The van der Waals surface area contributed by atoms with E-state index in [1.807, 2.05) is 30.1 Å². The first kappa shape index (κ1) is 16.6. The average molecular weight is 340 g/mol. The van der Waals surface area contributed by atoms with E-state index in [0.717, 1.165) is 23.0 Å². The Morgan fingerprint density at radius 3 is 2.80 bits per heavy atom. The van der Waals surface area contributed by atoms with E-state index in [1.165, 1.54) is 45.2 Å². The molecule has 4 nitrogen and oxygen atoms in total. The van der Waals surface area contributed by atoms with Gasteiger partial charge in [0.2, 0.25) is 5.91 Å². The monoisotopic (exact) mass is 340 g/mol. The number of amides is 1. The van der Waals surface area contributed by atoms with Crippen LogP contribution in [0.2, 0.25) is 0 Å². The zero-order valence-electron chi connectivity index (χ0n) is 15.1. The van der Waals surface area contributed by atoms with Crippen LogP contribution in [0.3, 0.4) is 0 Å². The second-order valence-corrected chi connectivity index (χ2v) is 7.65. The van der Waals surface area contributed by atoms with Gasteiger partial charge in [-0.15, -0.1) is 0 Å². The first-order chi connectivity index (χ1) is 12.2. The smallest absolute Gasteiger partial charge is 0.227 e. The highest BCUT2D eigenvalue weighted by Crippen LogP contribution is 2.32. The van der Waals surface area contributed by atoms with E-state index in [2.05, 4.69) is 11.0 Å². The third kappa shape index (κ3) is 3.32. The first-order valence-corrected chi connectivity index (χ1v) is 9.68. The molecule has 0 bridgehead atoms. The third-order valence-electron chi connectivity index (χ3n) is 6.03. The van der Waals surface area contributed by atoms with Crippen LogP contribution in [0.4, 0.5) is 0 Å². The minimum Gasteiger partial charge on any atom is -0.464 e. The Kier molecular flexibility index (Phi) is 4.80. The molecule has 4 heteroatoms. The van der Waals surface area contributed by atoms with Crippen molar-refractivity contribution >= 4 is 16.9 Å². The average Bonchev–Trinajstić information content (AvgIpc) is 3.33. The van der Waals surface area contributed by atoms with Crippen LogP contribution in [0.15, 0.2) is 34.9 Å². The number of rotatable bonds is 4. The van der Waals surface area contributed by atoms with E-state index in [0.29, 0.717) is 18.5 Å². The topological polar surface area (TPSA) is 36.7 Å². The molecule has 2 aromatic rings. The summed E-state index contributed by atoms with van der Waals surface area (Å²) in [5.74, 6) is 0.484. The van der Waals surface area contributed by atoms with Crippen molar-refractivity contribution in [3.05, 3.63) is 36.1 Å². The zero-order valence-corrected chi connectivity index (χ0v) is 15.1. The molecule has 0 spiro atoms. The lowest BCUT2D eigenvalue weighted by Crippen LogP contribution is -2.47. The number of nitrogens with zero attached hydrogens (tertiary/aromatic N) is 2. The number of carbonyl (C=O) groups excluding carboxylic acids is 1. The van der Waals surface area contributed by atoms with E-state index in [1.54, 1.807) is 6.26 Å². The molecule has 1 aromatic carbocycles. The number of hydrogen-bond donors (Lipinski definition) is 0. The van der Waals surface area contributed by atoms with Gasteiger partial charge in [0.25, 0.3) is 0 Å². The van der Waals surface area contributed by atoms with Crippen molar-refractivity contribution in [2.75, 3.05) is 20.1 Å². The van der Waals surface area contributed by atoms with Gasteiger partial charge in [-0.05, 0) is 56.5 Å². The predicted octanol–water partition coefficient (Wildman–Crippen LogP) is 4.05. The molecule has 25 heavy (non-hydrogen) atoms. The molecular weight excluding hydrogens is 312 g/mol. The van der Waals surface area contributed by atoms with E-state index in [9.17, 15) is 4.79 Å². The third-order valence-corrected chi connectivity index (χ3v) is 6.03. The summed E-state index contributed by atoms with van der Waals surface area (Å²) in [6.45, 7) is 3.00. The number of benzene rings is 1. The van der Waals surface area contributed by atoms with Gasteiger partial charge >= 0.3 is 0 Å². The van der Waals surface area contributed by atoms with Gasteiger partial charge in [0.1, 0.15) is 5.58 Å². The summed E-state index contributed by atoms with van der Waals surface area (Å²) in [7, 11) is 1.96. The van der Waals surface area contributed by atoms with Crippen LogP contribution < -0.4 is 0 Å². The second-order valence-electron chi connectivity index (χ2n) is 7.65. The second kappa shape index (κ2) is 7.20. The summed E-state index contributed by atoms with van der Waals surface area (Å²) in [6, 6.07) is 8.53. The Morgan fingerprint density at radius 1 is 1.16 bits per heavy atom. The van der Waals surface area contributed by atoms with Gasteiger partial charge in [-0.1, -0.05) is 25.0 Å². The van der Waals surface area contributed by atoms with Gasteiger partial charge in [0.05, 0.1) is 12.2 Å². The number of likely N-dealkylation sites (tertiary alicyclic amines) is 1. The molecule has 4 rings (SSSR count). The van der Waals surface area contributed by atoms with E-state index in [-0.39, 0.29) is 5.92 Å². The molecule has 0 radical (unpaired) electrons. The number of hydrogen-bond acceptors (Lipinski definition) is 3. The van der Waals surface area contributed by atoms with Crippen molar-refractivity contribution in [2.24, 2.45) is 5.92 Å². The van der Waals surface area contributed by atoms with Gasteiger partial charge in [-0.2, -0.15) is 0 Å². The van der Waals surface area contributed by atoms with E-state index >= 15 is 0 Å². The molecule has 134 valence electrons. The minimum absolute atomic E-state index is 0.167. The van der Waals surface area contributed by atoms with Crippen LogP contribution in [-0.2, 0) is 11.3 Å². The Hall–Kier alpha value is -1.81. The van der Waals surface area contributed by atoms with Crippen molar-refractivity contribution in [1.82, 2.24) is 9.80 Å². The van der Waals surface area contributed by atoms with Gasteiger partial charge in [-0.25, -0.2) is 0 Å². The highest BCUT2D eigenvalue weighted by Gasteiger charge is 2.37. The fourth-order valence-electron chi connectivity index (χ4n) is 4.72. The van der Waals surface area contributed by atoms with Crippen LogP contribution in [0.1, 0.15) is 44.1 Å². The molecule has 1 aliphatic heterocycles. The van der Waals surface area contributed by atoms with E-state index in [4.69, 9.17) is 4.42 Å². The molecule has 2 heterocycles. The quantitative estimate of drug-likeness (QED) is 0.843. The van der Waals surface area contributed by atoms with Crippen LogP contribution in [0, 0.1) is 5.92 Å². The van der Waals surface area contributed by atoms with E-state index < -0.39 is 0 Å². The number of fused-ring (bicyclic) bond motifs is 1. The summed E-state index contributed by atoms with van der Waals surface area (Å²) < 4.78 is 5.49. The van der Waals surface area contributed by atoms with Gasteiger partial charge in [0.15, 0.2) is 0 Å². The zero-order chi connectivity index (χ0) is 17.2. The number of furan rings is 1. The molecule has 2 atom stereocenters. The van der Waals surface area contributed by atoms with Crippen LogP contribution in [-0.4, -0.2) is 41.9 Å². The van der Waals surface area contributed by atoms with Crippen molar-refractivity contribution in [3.8, 4) is 0 Å². The Morgan fingerprint density at radius 2 is 1.96 bits per heavy atom. The largest absolute Gasteiger partial charge is 0.464 e. The lowest BCUT2D eigenvalue weighted by molar-refractivity contribution is -0.138. The minimum atomic E-state index is 0.167. The molecule has 1 amide bonds. The normalized spacial score (nSPS) is 24.7. The maximum absolute atomic E-state index is 13.2. The summed E-state index contributed by atoms with van der Waals surface area (Å²) in [5.41, 5.74) is 2.06. The van der Waals surface area contributed by atoms with Crippen LogP contribution in [0.25, 0.3) is 11.0 Å². The summed E-state index contributed by atoms with van der Waals surface area (Å²) in [4.78, 5) is 17.7. The van der Waals surface area contributed by atoms with Crippen LogP contribution in [0.5, 0.6) is 0 Å². The summed E-state index contributed by atoms with van der Waals surface area (Å²) in [5, 5.41) is 1.11. The molecule has 0 N–H and O–H groups in total. The highest BCUT2D eigenvalue weighted by atomic mass is 16.3. The fraction of sp³-hybridized carbons (Fsp3) is 0.571. The van der Waals surface area contributed by atoms with Crippen molar-refractivity contribution in [1.29, 1.82) is 0 Å². The SMILES string of the molecule is CN(Cc1cccc2occc12)C(=O)[C@@H]1CCCC[C@H]1N1CCCC1. The predicted molar refractivity (Wildman–Crippen MR) is 99.2 cm³/mol. The molecule has 1 saturated carbocycles. The number of carbonyl (C=O) groups is 1. The van der Waals surface area contributed by atoms with Crippen molar-refractivity contribution < 1.29 is 9.21 Å². The highest BCUT2D eigenvalue weighted by molar-refractivity contribution is 5.83. The van der Waals surface area contributed by atoms with Gasteiger partial charge < -0.3 is 9.32 Å². The molecule has 1 aliphatic carbocycles. The lowest BCUT2D eigenvalue weighted by atomic mass is 9.82. The van der Waals surface area contributed by atoms with Gasteiger partial charge in [0, 0.05) is 25.0 Å². The van der Waals surface area contributed by atoms with Crippen molar-refractivity contribution in [2.45, 2.75) is 51.1 Å². The molecule has 2 aliphatic rings. The molecule has 1 aromatic heterocycles. The maximum Gasteiger partial charge on any atom is 0.227 e. The summed E-state index contributed by atoms with van der Waals surface area (Å²) >= 11 is 0. The molecular formula is C21H28N2O2. The van der Waals surface area contributed by atoms with Crippen molar-refractivity contribution in [3.63, 3.8) is 0 Å². The summed E-state index contributed by atoms with van der Waals surface area (Å²) in [6.07, 6.45) is 8.97. The fourth-order valence-corrected chi connectivity index (χ4v) is 4.72. The Labute approximate surface area is 149 Å². The van der Waals surface area contributed by atoms with Gasteiger partial charge in [-0.3, -0.25) is 9.69 Å². The van der Waals surface area contributed by atoms with Crippen LogP contribution >= 0.6 is 0 Å². The lowest BCUT2D eigenvalue weighted by Gasteiger charge is -2.38. The molecule has 2 fully saturated rings. The molecule has 1 saturated heterocycles.